The van der Waals surface area contributed by atoms with E-state index < -0.39 is 0 Å². The molecule has 1 aliphatic heterocycles. The predicted molar refractivity (Wildman–Crippen MR) is 138 cm³/mol. The van der Waals surface area contributed by atoms with Crippen LogP contribution in [0.25, 0.3) is 10.2 Å². The zero-order valence-electron chi connectivity index (χ0n) is 20.2. The minimum absolute atomic E-state index is 0.00849. The molecular weight excluding hydrogens is 478 g/mol. The fourth-order valence-electron chi connectivity index (χ4n) is 4.43. The molecule has 2 aromatic heterocycles. The highest BCUT2D eigenvalue weighted by Crippen LogP contribution is 2.32. The van der Waals surface area contributed by atoms with Crippen molar-refractivity contribution in [3.63, 3.8) is 0 Å². The summed E-state index contributed by atoms with van der Waals surface area (Å²) in [5, 5.41) is 0.678. The van der Waals surface area contributed by atoms with Crippen LogP contribution in [0.5, 0.6) is 17.2 Å². The summed E-state index contributed by atoms with van der Waals surface area (Å²) in [5.74, 6) is 1.94. The number of ether oxygens (including phenoxy) is 3. The van der Waals surface area contributed by atoms with Crippen LogP contribution in [0.2, 0.25) is 0 Å². The standard InChI is InChI=1S/C27H27N3O5S/c1-33-21-9-8-18(14-22(21)34-2)10-12-30-17-28-26-25(27(30)32)20-11-13-29(15-23(20)36-26)24(31)16-35-19-6-4-3-5-7-19/h3-9,14,17H,10-13,15-16H2,1-2H3. The maximum atomic E-state index is 13.4. The molecule has 1 amide bonds. The predicted octanol–water partition coefficient (Wildman–Crippen LogP) is 3.68. The molecule has 0 saturated carbocycles. The van der Waals surface area contributed by atoms with Gasteiger partial charge in [0.25, 0.3) is 11.5 Å². The number of carbonyl (C=O) groups is 1. The number of hydrogen-bond donors (Lipinski definition) is 0. The first-order valence-electron chi connectivity index (χ1n) is 11.7. The summed E-state index contributed by atoms with van der Waals surface area (Å²) >= 11 is 1.49. The van der Waals surface area contributed by atoms with Crippen LogP contribution in [0.3, 0.4) is 0 Å². The van der Waals surface area contributed by atoms with Gasteiger partial charge in [-0.3, -0.25) is 14.2 Å². The number of thiophene rings is 1. The summed E-state index contributed by atoms with van der Waals surface area (Å²) in [7, 11) is 3.21. The van der Waals surface area contributed by atoms with Crippen LogP contribution < -0.4 is 19.8 Å². The Kier molecular flexibility index (Phi) is 6.90. The summed E-state index contributed by atoms with van der Waals surface area (Å²) in [5.41, 5.74) is 2.02. The fourth-order valence-corrected chi connectivity index (χ4v) is 5.62. The molecule has 1 aliphatic rings. The van der Waals surface area contributed by atoms with Gasteiger partial charge >= 0.3 is 0 Å². The van der Waals surface area contributed by atoms with Gasteiger partial charge in [-0.15, -0.1) is 11.3 Å². The van der Waals surface area contributed by atoms with E-state index in [1.807, 2.05) is 48.5 Å². The lowest BCUT2D eigenvalue weighted by Gasteiger charge is -2.27. The molecule has 9 heteroatoms. The number of benzene rings is 2. The maximum Gasteiger partial charge on any atom is 0.262 e. The lowest BCUT2D eigenvalue weighted by molar-refractivity contribution is -0.134. The maximum absolute atomic E-state index is 13.4. The Hall–Kier alpha value is -3.85. The van der Waals surface area contributed by atoms with Crippen molar-refractivity contribution < 1.29 is 19.0 Å². The summed E-state index contributed by atoms with van der Waals surface area (Å²) in [6.07, 6.45) is 2.90. The fraction of sp³-hybridized carbons (Fsp3) is 0.296. The molecule has 36 heavy (non-hydrogen) atoms. The number of aryl methyl sites for hydroxylation is 2. The molecule has 8 nitrogen and oxygen atoms in total. The highest BCUT2D eigenvalue weighted by Gasteiger charge is 2.26. The van der Waals surface area contributed by atoms with Crippen molar-refractivity contribution >= 4 is 27.5 Å². The van der Waals surface area contributed by atoms with E-state index in [1.165, 1.54) is 11.3 Å². The molecule has 0 fully saturated rings. The van der Waals surface area contributed by atoms with Crippen molar-refractivity contribution in [2.45, 2.75) is 25.9 Å². The largest absolute Gasteiger partial charge is 0.493 e. The Morgan fingerprint density at radius 2 is 1.89 bits per heavy atom. The number of hydrogen-bond acceptors (Lipinski definition) is 7. The van der Waals surface area contributed by atoms with Gasteiger partial charge in [0.15, 0.2) is 18.1 Å². The van der Waals surface area contributed by atoms with Crippen LogP contribution in [0.4, 0.5) is 0 Å². The molecule has 0 aliphatic carbocycles. The molecule has 0 bridgehead atoms. The van der Waals surface area contributed by atoms with Crippen LogP contribution in [0.1, 0.15) is 16.0 Å². The minimum atomic E-state index is -0.0674. The molecule has 0 radical (unpaired) electrons. The van der Waals surface area contributed by atoms with Crippen LogP contribution >= 0.6 is 11.3 Å². The third-order valence-electron chi connectivity index (χ3n) is 6.37. The number of fused-ring (bicyclic) bond motifs is 3. The van der Waals surface area contributed by atoms with E-state index >= 15 is 0 Å². The average Bonchev–Trinajstić information content (AvgIpc) is 3.30. The van der Waals surface area contributed by atoms with Crippen LogP contribution in [0, 0.1) is 0 Å². The van der Waals surface area contributed by atoms with Crippen molar-refractivity contribution in [2.75, 3.05) is 27.4 Å². The zero-order chi connectivity index (χ0) is 25.1. The first-order chi connectivity index (χ1) is 17.6. The summed E-state index contributed by atoms with van der Waals surface area (Å²) in [6.45, 7) is 1.52. The molecule has 0 spiro atoms. The van der Waals surface area contributed by atoms with Gasteiger partial charge in [-0.1, -0.05) is 24.3 Å². The van der Waals surface area contributed by atoms with Gasteiger partial charge in [-0.2, -0.15) is 0 Å². The molecule has 186 valence electrons. The monoisotopic (exact) mass is 505 g/mol. The number of carbonyl (C=O) groups excluding carboxylic acids is 1. The van der Waals surface area contributed by atoms with Crippen molar-refractivity contribution in [3.8, 4) is 17.2 Å². The van der Waals surface area contributed by atoms with Gasteiger partial charge < -0.3 is 19.1 Å². The Morgan fingerprint density at radius 1 is 1.08 bits per heavy atom. The lowest BCUT2D eigenvalue weighted by Crippen LogP contribution is -2.38. The Labute approximate surface area is 212 Å². The lowest BCUT2D eigenvalue weighted by atomic mass is 10.1. The quantitative estimate of drug-likeness (QED) is 0.363. The summed E-state index contributed by atoms with van der Waals surface area (Å²) in [6, 6.07) is 15.1. The minimum Gasteiger partial charge on any atom is -0.493 e. The molecule has 0 saturated heterocycles. The number of rotatable bonds is 8. The zero-order valence-corrected chi connectivity index (χ0v) is 21.0. The topological polar surface area (TPSA) is 82.9 Å². The molecule has 4 aromatic rings. The Morgan fingerprint density at radius 3 is 2.67 bits per heavy atom. The van der Waals surface area contributed by atoms with E-state index in [2.05, 4.69) is 4.98 Å². The van der Waals surface area contributed by atoms with Crippen molar-refractivity contribution in [2.24, 2.45) is 0 Å². The van der Waals surface area contributed by atoms with Gasteiger partial charge in [0.1, 0.15) is 10.6 Å². The van der Waals surface area contributed by atoms with Gasteiger partial charge in [0, 0.05) is 18.0 Å². The molecular formula is C27H27N3O5S. The van der Waals surface area contributed by atoms with Crippen molar-refractivity contribution in [1.82, 2.24) is 14.5 Å². The number of nitrogens with zero attached hydrogens (tertiary/aromatic N) is 3. The normalized spacial score (nSPS) is 12.9. The summed E-state index contributed by atoms with van der Waals surface area (Å²) in [4.78, 5) is 34.2. The third-order valence-corrected chi connectivity index (χ3v) is 7.50. The number of aromatic nitrogens is 2. The Balaban J connectivity index is 1.30. The van der Waals surface area contributed by atoms with Gasteiger partial charge in [-0.25, -0.2) is 4.98 Å². The molecule has 2 aromatic carbocycles. The van der Waals surface area contributed by atoms with Crippen LogP contribution in [-0.2, 0) is 30.7 Å². The SMILES string of the molecule is COc1ccc(CCn2cnc3sc4c(c3c2=O)CCN(C(=O)COc2ccccc2)C4)cc1OC. The molecule has 0 atom stereocenters. The van der Waals surface area contributed by atoms with E-state index in [0.717, 1.165) is 20.8 Å². The molecule has 0 N–H and O–H groups in total. The van der Waals surface area contributed by atoms with Gasteiger partial charge in [-0.05, 0) is 48.2 Å². The van der Waals surface area contributed by atoms with Crippen molar-refractivity contribution in [1.29, 1.82) is 0 Å². The number of para-hydroxylation sites is 1. The van der Waals surface area contributed by atoms with E-state index in [0.29, 0.717) is 55.1 Å². The van der Waals surface area contributed by atoms with Crippen molar-refractivity contribution in [3.05, 3.63) is 81.2 Å². The Bertz CT molecular complexity index is 1450. The van der Waals surface area contributed by atoms with Gasteiger partial charge in [0.2, 0.25) is 0 Å². The molecule has 0 unspecified atom stereocenters. The van der Waals surface area contributed by atoms with Crippen LogP contribution in [0.15, 0.2) is 59.7 Å². The number of amides is 1. The number of methoxy groups -OCH3 is 2. The molecule has 5 rings (SSSR count). The smallest absolute Gasteiger partial charge is 0.262 e. The second kappa shape index (κ2) is 10.4. The summed E-state index contributed by atoms with van der Waals surface area (Å²) < 4.78 is 18.0. The third kappa shape index (κ3) is 4.79. The average molecular weight is 506 g/mol. The van der Waals surface area contributed by atoms with E-state index in [-0.39, 0.29) is 18.1 Å². The van der Waals surface area contributed by atoms with Crippen LogP contribution in [-0.4, -0.2) is 47.7 Å². The highest BCUT2D eigenvalue weighted by atomic mass is 32.1. The second-order valence-electron chi connectivity index (χ2n) is 8.53. The first kappa shape index (κ1) is 23.9. The molecule has 3 heterocycles. The van der Waals surface area contributed by atoms with Gasteiger partial charge in [0.05, 0.1) is 32.5 Å². The van der Waals surface area contributed by atoms with E-state index in [1.54, 1.807) is 30.0 Å². The first-order valence-corrected chi connectivity index (χ1v) is 12.5. The van der Waals surface area contributed by atoms with E-state index in [4.69, 9.17) is 14.2 Å². The second-order valence-corrected chi connectivity index (χ2v) is 9.62. The van der Waals surface area contributed by atoms with E-state index in [9.17, 15) is 9.59 Å². The highest BCUT2D eigenvalue weighted by molar-refractivity contribution is 7.18.